The SMILES string of the molecule is FC(F)(F)C(F)(F)C(F)(F)c1[c]c2ccccc2cc1C(F)(F)C(F)(F)C(F)(F)F. The second kappa shape index (κ2) is 6.61. The van der Waals surface area contributed by atoms with E-state index in [0.717, 1.165) is 24.3 Å². The van der Waals surface area contributed by atoms with Gasteiger partial charge in [0.15, 0.2) is 0 Å². The molecule has 0 nitrogen and oxygen atoms in total. The molecular formula is C16H5F14. The van der Waals surface area contributed by atoms with Crippen molar-refractivity contribution in [2.75, 3.05) is 0 Å². The van der Waals surface area contributed by atoms with Gasteiger partial charge in [-0.15, -0.1) is 0 Å². The van der Waals surface area contributed by atoms with Gasteiger partial charge in [0.1, 0.15) is 0 Å². The van der Waals surface area contributed by atoms with Crippen LogP contribution in [0.2, 0.25) is 0 Å². The zero-order valence-corrected chi connectivity index (χ0v) is 13.7. The summed E-state index contributed by atoms with van der Waals surface area (Å²) in [5.74, 6) is -27.6. The van der Waals surface area contributed by atoms with Gasteiger partial charge in [-0.25, -0.2) is 0 Å². The van der Waals surface area contributed by atoms with Gasteiger partial charge in [-0.3, -0.25) is 0 Å². The van der Waals surface area contributed by atoms with Gasteiger partial charge in [0, 0.05) is 17.2 Å². The first-order chi connectivity index (χ1) is 13.2. The number of benzene rings is 2. The van der Waals surface area contributed by atoms with Crippen molar-refractivity contribution in [3.05, 3.63) is 47.5 Å². The fourth-order valence-corrected chi connectivity index (χ4v) is 2.34. The Morgan fingerprint density at radius 2 is 1.00 bits per heavy atom. The summed E-state index contributed by atoms with van der Waals surface area (Å²) in [6.07, 6.45) is -14.1. The summed E-state index contributed by atoms with van der Waals surface area (Å²) >= 11 is 0. The summed E-state index contributed by atoms with van der Waals surface area (Å²) in [4.78, 5) is 0. The second-order valence-corrected chi connectivity index (χ2v) is 5.94. The molecule has 0 aliphatic rings. The van der Waals surface area contributed by atoms with Crippen LogP contribution in [0, 0.1) is 6.07 Å². The molecule has 0 atom stereocenters. The highest BCUT2D eigenvalue weighted by molar-refractivity contribution is 5.84. The second-order valence-electron chi connectivity index (χ2n) is 5.94. The minimum absolute atomic E-state index is 0.443. The van der Waals surface area contributed by atoms with Crippen molar-refractivity contribution in [3.63, 3.8) is 0 Å². The van der Waals surface area contributed by atoms with Gasteiger partial charge in [-0.1, -0.05) is 24.3 Å². The quantitative estimate of drug-likeness (QED) is 0.420. The van der Waals surface area contributed by atoms with Crippen LogP contribution >= 0.6 is 0 Å². The van der Waals surface area contributed by atoms with Crippen LogP contribution in [0.3, 0.4) is 0 Å². The zero-order valence-electron chi connectivity index (χ0n) is 13.7. The summed E-state index contributed by atoms with van der Waals surface area (Å²) in [6, 6.07) is 3.95. The molecule has 14 heteroatoms. The molecular weight excluding hydrogens is 458 g/mol. The van der Waals surface area contributed by atoms with E-state index in [9.17, 15) is 61.5 Å². The summed E-state index contributed by atoms with van der Waals surface area (Å²) in [5, 5.41) is -1.57. The van der Waals surface area contributed by atoms with Crippen molar-refractivity contribution in [1.82, 2.24) is 0 Å². The van der Waals surface area contributed by atoms with Gasteiger partial charge in [0.2, 0.25) is 0 Å². The van der Waals surface area contributed by atoms with Crippen molar-refractivity contribution < 1.29 is 61.5 Å². The van der Waals surface area contributed by atoms with E-state index in [2.05, 4.69) is 0 Å². The molecule has 167 valence electrons. The molecule has 2 aromatic carbocycles. The first-order valence-electron chi connectivity index (χ1n) is 7.30. The molecule has 0 saturated heterocycles. The molecule has 0 heterocycles. The lowest BCUT2D eigenvalue weighted by Gasteiger charge is -2.34. The molecule has 0 saturated carbocycles. The predicted octanol–water partition coefficient (Wildman–Crippen LogP) is 7.22. The Morgan fingerprint density at radius 1 is 0.567 bits per heavy atom. The fourth-order valence-electron chi connectivity index (χ4n) is 2.34. The third-order valence-corrected chi connectivity index (χ3v) is 3.94. The molecule has 0 aliphatic carbocycles. The van der Waals surface area contributed by atoms with Crippen LogP contribution in [-0.4, -0.2) is 24.2 Å². The Hall–Kier alpha value is -2.28. The van der Waals surface area contributed by atoms with Crippen LogP contribution < -0.4 is 0 Å². The van der Waals surface area contributed by atoms with Crippen LogP contribution in [0.4, 0.5) is 61.5 Å². The molecule has 0 bridgehead atoms. The Bertz CT molecular complexity index is 859. The number of hydrogen-bond acceptors (Lipinski definition) is 0. The molecule has 0 aliphatic heterocycles. The van der Waals surface area contributed by atoms with Crippen molar-refractivity contribution >= 4 is 10.8 Å². The summed E-state index contributed by atoms with van der Waals surface area (Å²) in [6.45, 7) is 0. The average Bonchev–Trinajstić information content (AvgIpc) is 2.58. The molecule has 0 spiro atoms. The molecule has 0 aromatic heterocycles. The summed E-state index contributed by atoms with van der Waals surface area (Å²) in [7, 11) is 0. The Morgan fingerprint density at radius 3 is 1.47 bits per heavy atom. The highest BCUT2D eigenvalue weighted by Gasteiger charge is 2.78. The van der Waals surface area contributed by atoms with Crippen LogP contribution in [0.25, 0.3) is 10.8 Å². The van der Waals surface area contributed by atoms with Gasteiger partial charge in [-0.2, -0.15) is 61.5 Å². The van der Waals surface area contributed by atoms with Crippen molar-refractivity contribution in [2.45, 2.75) is 36.0 Å². The first kappa shape index (κ1) is 24.0. The minimum Gasteiger partial charge on any atom is -0.194 e. The molecule has 0 unspecified atom stereocenters. The molecule has 2 aromatic rings. The topological polar surface area (TPSA) is 0 Å². The number of halogens is 14. The first-order valence-corrected chi connectivity index (χ1v) is 7.30. The van der Waals surface area contributed by atoms with E-state index in [1.807, 2.05) is 0 Å². The maximum atomic E-state index is 14.1. The van der Waals surface area contributed by atoms with E-state index in [1.165, 1.54) is 0 Å². The van der Waals surface area contributed by atoms with Gasteiger partial charge in [-0.05, 0) is 16.8 Å². The summed E-state index contributed by atoms with van der Waals surface area (Å²) < 4.78 is 184. The van der Waals surface area contributed by atoms with E-state index >= 15 is 0 Å². The molecule has 1 radical (unpaired) electrons. The molecule has 0 N–H and O–H groups in total. The van der Waals surface area contributed by atoms with Crippen molar-refractivity contribution in [2.24, 2.45) is 0 Å². The molecule has 0 fully saturated rings. The van der Waals surface area contributed by atoms with Gasteiger partial charge >= 0.3 is 36.0 Å². The normalized spacial score (nSPS) is 15.0. The monoisotopic (exact) mass is 463 g/mol. The molecule has 30 heavy (non-hydrogen) atoms. The maximum Gasteiger partial charge on any atom is 0.460 e. The predicted molar refractivity (Wildman–Crippen MR) is 72.6 cm³/mol. The van der Waals surface area contributed by atoms with Crippen molar-refractivity contribution in [3.8, 4) is 0 Å². The van der Waals surface area contributed by atoms with E-state index in [0.29, 0.717) is 6.07 Å². The zero-order chi connectivity index (χ0) is 23.6. The number of fused-ring (bicyclic) bond motifs is 1. The number of alkyl halides is 14. The Kier molecular flexibility index (Phi) is 5.28. The largest absolute Gasteiger partial charge is 0.460 e. The lowest BCUT2D eigenvalue weighted by molar-refractivity contribution is -0.367. The van der Waals surface area contributed by atoms with Crippen LogP contribution in [0.5, 0.6) is 0 Å². The third kappa shape index (κ3) is 3.33. The third-order valence-electron chi connectivity index (χ3n) is 3.94. The maximum absolute atomic E-state index is 14.1. The number of hydrogen-bond donors (Lipinski definition) is 0. The van der Waals surface area contributed by atoms with Crippen LogP contribution in [0.1, 0.15) is 11.1 Å². The van der Waals surface area contributed by atoms with Crippen LogP contribution in [0.15, 0.2) is 30.3 Å². The Balaban J connectivity index is 2.96. The lowest BCUT2D eigenvalue weighted by Crippen LogP contribution is -2.53. The average molecular weight is 463 g/mol. The van der Waals surface area contributed by atoms with Crippen molar-refractivity contribution in [1.29, 1.82) is 0 Å². The Labute approximate surface area is 157 Å². The molecule has 2 rings (SSSR count). The minimum atomic E-state index is -7.11. The van der Waals surface area contributed by atoms with E-state index < -0.39 is 64.0 Å². The number of rotatable bonds is 4. The van der Waals surface area contributed by atoms with Gasteiger partial charge < -0.3 is 0 Å². The standard InChI is InChI=1S/C16H5F14/c17-11(18,13(21,22)15(25,26)27)9-5-7-3-1-2-4-8(7)6-10(9)12(19,20)14(23,24)16(28,29)30/h1-5H. The van der Waals surface area contributed by atoms with E-state index in [-0.39, 0.29) is 0 Å². The highest BCUT2D eigenvalue weighted by atomic mass is 19.4. The van der Waals surface area contributed by atoms with E-state index in [1.54, 1.807) is 0 Å². The van der Waals surface area contributed by atoms with Gasteiger partial charge in [0.05, 0.1) is 0 Å². The smallest absolute Gasteiger partial charge is 0.194 e. The molecule has 0 amide bonds. The van der Waals surface area contributed by atoms with E-state index in [4.69, 9.17) is 0 Å². The highest BCUT2D eigenvalue weighted by Crippen LogP contribution is 2.58. The fraction of sp³-hybridized carbons (Fsp3) is 0.375. The van der Waals surface area contributed by atoms with Gasteiger partial charge in [0.25, 0.3) is 0 Å². The summed E-state index contributed by atoms with van der Waals surface area (Å²) in [5.41, 5.74) is -6.24. The lowest BCUT2D eigenvalue weighted by atomic mass is 9.88. The van der Waals surface area contributed by atoms with Crippen LogP contribution in [-0.2, 0) is 11.8 Å².